The molecule has 0 aliphatic rings. The second-order valence-electron chi connectivity index (χ2n) is 3.42. The molecule has 0 saturated heterocycles. The molecule has 1 atom stereocenters. The zero-order valence-electron chi connectivity index (χ0n) is 8.92. The fourth-order valence-electron chi connectivity index (χ4n) is 1.49. The average molecular weight is 268 g/mol. The van der Waals surface area contributed by atoms with Gasteiger partial charge in [0.1, 0.15) is 0 Å². The molecule has 0 aliphatic heterocycles. The van der Waals surface area contributed by atoms with Crippen LogP contribution in [0.1, 0.15) is 38.2 Å². The van der Waals surface area contributed by atoms with Crippen molar-refractivity contribution < 1.29 is 26.7 Å². The molecular formula is C11H16FeO2S. The molecule has 0 amide bonds. The van der Waals surface area contributed by atoms with E-state index < -0.39 is 0 Å². The Balaban J connectivity index is 0.00000196. The number of hydrogen-bond acceptors (Lipinski definition) is 3. The molecule has 0 aromatic heterocycles. The van der Waals surface area contributed by atoms with Crippen molar-refractivity contribution in [3.63, 3.8) is 0 Å². The second kappa shape index (κ2) is 8.20. The van der Waals surface area contributed by atoms with Gasteiger partial charge in [-0.3, -0.25) is 0 Å². The third-order valence-electron chi connectivity index (χ3n) is 2.30. The van der Waals surface area contributed by atoms with Crippen molar-refractivity contribution in [1.82, 2.24) is 0 Å². The van der Waals surface area contributed by atoms with Crippen LogP contribution in [0.25, 0.3) is 0 Å². The summed E-state index contributed by atoms with van der Waals surface area (Å²) in [4.78, 5) is 0.917. The predicted octanol–water partition coefficient (Wildman–Crippen LogP) is 4.08. The standard InChI is InChI=1S/C11H16O2S.Fe/c1-3-4-9(2)10-5-7-11(8-6-10)14-13-12;/h5-9,12H,3-4H2,1-2H3;. The Hall–Kier alpha value is 0.00948. The van der Waals surface area contributed by atoms with Crippen LogP contribution >= 0.6 is 12.0 Å². The molecule has 0 saturated carbocycles. The molecule has 0 spiro atoms. The monoisotopic (exact) mass is 268 g/mol. The van der Waals surface area contributed by atoms with Gasteiger partial charge in [0.25, 0.3) is 0 Å². The summed E-state index contributed by atoms with van der Waals surface area (Å²) in [5.41, 5.74) is 1.34. The minimum atomic E-state index is 0. The third kappa shape index (κ3) is 5.05. The quantitative estimate of drug-likeness (QED) is 0.377. The Labute approximate surface area is 106 Å². The van der Waals surface area contributed by atoms with Gasteiger partial charge in [0.2, 0.25) is 0 Å². The van der Waals surface area contributed by atoms with Gasteiger partial charge in [-0.1, -0.05) is 32.4 Å². The van der Waals surface area contributed by atoms with Crippen molar-refractivity contribution in [2.24, 2.45) is 0 Å². The molecular weight excluding hydrogens is 252 g/mol. The molecule has 4 heteroatoms. The summed E-state index contributed by atoms with van der Waals surface area (Å²) in [6.45, 7) is 4.43. The first-order valence-corrected chi connectivity index (χ1v) is 5.60. The fourth-order valence-corrected chi connectivity index (χ4v) is 1.83. The smallest absolute Gasteiger partial charge is 0.0679 e. The van der Waals surface area contributed by atoms with E-state index in [-0.39, 0.29) is 17.1 Å². The maximum Gasteiger partial charge on any atom is 0.0679 e. The van der Waals surface area contributed by atoms with E-state index >= 15 is 0 Å². The predicted molar refractivity (Wildman–Crippen MR) is 59.3 cm³/mol. The Kier molecular flexibility index (Phi) is 8.20. The summed E-state index contributed by atoms with van der Waals surface area (Å²) in [6, 6.07) is 8.09. The number of rotatable bonds is 5. The molecule has 15 heavy (non-hydrogen) atoms. The largest absolute Gasteiger partial charge is 0.239 e. The summed E-state index contributed by atoms with van der Waals surface area (Å²) >= 11 is 0.965. The van der Waals surface area contributed by atoms with E-state index in [4.69, 9.17) is 5.26 Å². The van der Waals surface area contributed by atoms with Gasteiger partial charge in [0, 0.05) is 22.0 Å². The Bertz CT molecular complexity index is 264. The maximum absolute atomic E-state index is 8.25. The van der Waals surface area contributed by atoms with E-state index in [2.05, 4.69) is 30.3 Å². The zero-order chi connectivity index (χ0) is 10.4. The SMILES string of the molecule is CCCC(C)c1ccc(SOO)cc1.[Fe]. The molecule has 1 aromatic carbocycles. The fraction of sp³-hybridized carbons (Fsp3) is 0.455. The van der Waals surface area contributed by atoms with Crippen molar-refractivity contribution in [3.05, 3.63) is 29.8 Å². The molecule has 0 heterocycles. The third-order valence-corrected chi connectivity index (χ3v) is 2.84. The van der Waals surface area contributed by atoms with Gasteiger partial charge in [0.05, 0.1) is 12.0 Å². The van der Waals surface area contributed by atoms with Gasteiger partial charge in [-0.2, -0.15) is 4.33 Å². The first kappa shape index (κ1) is 15.0. The molecule has 0 radical (unpaired) electrons. The topological polar surface area (TPSA) is 29.5 Å². The van der Waals surface area contributed by atoms with Crippen LogP contribution in [0.3, 0.4) is 0 Å². The molecule has 1 unspecified atom stereocenters. The van der Waals surface area contributed by atoms with Gasteiger partial charge in [-0.25, -0.2) is 5.26 Å². The average Bonchev–Trinajstić information content (AvgIpc) is 2.20. The van der Waals surface area contributed by atoms with Gasteiger partial charge in [0.15, 0.2) is 0 Å². The molecule has 1 N–H and O–H groups in total. The van der Waals surface area contributed by atoms with Crippen LogP contribution in [0.15, 0.2) is 29.2 Å². The summed E-state index contributed by atoms with van der Waals surface area (Å²) < 4.78 is 3.99. The minimum absolute atomic E-state index is 0. The molecule has 2 nitrogen and oxygen atoms in total. The maximum atomic E-state index is 8.25. The van der Waals surface area contributed by atoms with Crippen molar-refractivity contribution in [1.29, 1.82) is 0 Å². The number of hydrogen-bond donors (Lipinski definition) is 1. The van der Waals surface area contributed by atoms with E-state index in [1.165, 1.54) is 18.4 Å². The molecule has 0 aliphatic carbocycles. The van der Waals surface area contributed by atoms with E-state index in [9.17, 15) is 0 Å². The van der Waals surface area contributed by atoms with Gasteiger partial charge >= 0.3 is 0 Å². The first-order valence-electron chi connectivity index (χ1n) is 4.86. The molecule has 86 valence electrons. The van der Waals surface area contributed by atoms with Crippen molar-refractivity contribution in [2.75, 3.05) is 0 Å². The minimum Gasteiger partial charge on any atom is -0.239 e. The van der Waals surface area contributed by atoms with Crippen LogP contribution in [0, 0.1) is 0 Å². The zero-order valence-corrected chi connectivity index (χ0v) is 10.8. The van der Waals surface area contributed by atoms with Crippen LogP contribution in [0.4, 0.5) is 0 Å². The Morgan fingerprint density at radius 1 is 1.33 bits per heavy atom. The normalized spacial score (nSPS) is 11.9. The van der Waals surface area contributed by atoms with Crippen LogP contribution in [-0.2, 0) is 21.4 Å². The van der Waals surface area contributed by atoms with Crippen molar-refractivity contribution >= 4 is 12.0 Å². The summed E-state index contributed by atoms with van der Waals surface area (Å²) in [5.74, 6) is 0.606. The summed E-state index contributed by atoms with van der Waals surface area (Å²) in [5, 5.41) is 8.25. The van der Waals surface area contributed by atoms with Crippen LogP contribution in [-0.4, -0.2) is 5.26 Å². The van der Waals surface area contributed by atoms with Crippen LogP contribution < -0.4 is 0 Å². The van der Waals surface area contributed by atoms with Gasteiger partial charge in [-0.15, -0.1) is 0 Å². The van der Waals surface area contributed by atoms with Gasteiger partial charge in [-0.05, 0) is 30.0 Å². The molecule has 1 rings (SSSR count). The molecule has 1 aromatic rings. The summed E-state index contributed by atoms with van der Waals surface area (Å²) in [6.07, 6.45) is 2.42. The van der Waals surface area contributed by atoms with Crippen LogP contribution in [0.5, 0.6) is 0 Å². The van der Waals surface area contributed by atoms with E-state index in [1.807, 2.05) is 12.1 Å². The number of benzene rings is 1. The van der Waals surface area contributed by atoms with Crippen LogP contribution in [0.2, 0.25) is 0 Å². The van der Waals surface area contributed by atoms with E-state index in [0.717, 1.165) is 16.9 Å². The molecule has 0 bridgehead atoms. The van der Waals surface area contributed by atoms with E-state index in [0.29, 0.717) is 5.92 Å². The van der Waals surface area contributed by atoms with E-state index in [1.54, 1.807) is 0 Å². The Morgan fingerprint density at radius 2 is 1.93 bits per heavy atom. The first-order chi connectivity index (χ1) is 6.77. The second-order valence-corrected chi connectivity index (χ2v) is 4.20. The Morgan fingerprint density at radius 3 is 2.40 bits per heavy atom. The van der Waals surface area contributed by atoms with Gasteiger partial charge < -0.3 is 0 Å². The summed E-state index contributed by atoms with van der Waals surface area (Å²) in [7, 11) is 0. The molecule has 0 fully saturated rings. The van der Waals surface area contributed by atoms with Crippen molar-refractivity contribution in [3.8, 4) is 0 Å². The van der Waals surface area contributed by atoms with Crippen molar-refractivity contribution in [2.45, 2.75) is 37.5 Å².